The molecule has 1 aromatic rings. The SMILES string of the molecule is CCCCCCCCC(Cl)(Cl)c1cccc(O)c1O. The van der Waals surface area contributed by atoms with Crippen LogP contribution in [0.4, 0.5) is 0 Å². The van der Waals surface area contributed by atoms with E-state index in [0.717, 1.165) is 12.8 Å². The van der Waals surface area contributed by atoms with Crippen molar-refractivity contribution in [3.05, 3.63) is 23.8 Å². The van der Waals surface area contributed by atoms with E-state index in [4.69, 9.17) is 23.2 Å². The zero-order valence-corrected chi connectivity index (χ0v) is 12.8. The van der Waals surface area contributed by atoms with E-state index in [1.807, 2.05) is 0 Å². The predicted molar refractivity (Wildman–Crippen MR) is 81.1 cm³/mol. The summed E-state index contributed by atoms with van der Waals surface area (Å²) in [6.07, 6.45) is 7.48. The third-order valence-electron chi connectivity index (χ3n) is 3.25. The first kappa shape index (κ1) is 16.5. The highest BCUT2D eigenvalue weighted by Crippen LogP contribution is 2.45. The second kappa shape index (κ2) is 7.86. The van der Waals surface area contributed by atoms with E-state index < -0.39 is 4.33 Å². The molecule has 0 aliphatic carbocycles. The van der Waals surface area contributed by atoms with Crippen LogP contribution in [0.15, 0.2) is 18.2 Å². The van der Waals surface area contributed by atoms with Crippen molar-refractivity contribution < 1.29 is 10.2 Å². The second-order valence-electron chi connectivity index (χ2n) is 4.90. The lowest BCUT2D eigenvalue weighted by molar-refractivity contribution is 0.396. The molecule has 0 radical (unpaired) electrons. The van der Waals surface area contributed by atoms with Crippen LogP contribution in [0.3, 0.4) is 0 Å². The Morgan fingerprint density at radius 2 is 1.63 bits per heavy atom. The number of hydrogen-bond donors (Lipinski definition) is 2. The number of para-hydroxylation sites is 1. The Balaban J connectivity index is 2.49. The van der Waals surface area contributed by atoms with Gasteiger partial charge >= 0.3 is 0 Å². The molecule has 0 saturated carbocycles. The van der Waals surface area contributed by atoms with Crippen molar-refractivity contribution in [2.45, 2.75) is 56.2 Å². The molecule has 0 spiro atoms. The van der Waals surface area contributed by atoms with Crippen LogP contribution >= 0.6 is 23.2 Å². The van der Waals surface area contributed by atoms with Crippen LogP contribution < -0.4 is 0 Å². The molecule has 1 rings (SSSR count). The fraction of sp³-hybridized carbons (Fsp3) is 0.600. The molecule has 0 aliphatic rings. The van der Waals surface area contributed by atoms with Crippen LogP contribution in [0.25, 0.3) is 0 Å². The van der Waals surface area contributed by atoms with Crippen molar-refractivity contribution in [1.82, 2.24) is 0 Å². The lowest BCUT2D eigenvalue weighted by Crippen LogP contribution is -2.10. The summed E-state index contributed by atoms with van der Waals surface area (Å²) in [5.41, 5.74) is 0.379. The first-order valence-corrected chi connectivity index (χ1v) is 7.64. The van der Waals surface area contributed by atoms with Gasteiger partial charge in [-0.15, -0.1) is 0 Å². The maximum Gasteiger partial charge on any atom is 0.163 e. The van der Waals surface area contributed by atoms with Crippen LogP contribution in [-0.2, 0) is 4.33 Å². The van der Waals surface area contributed by atoms with E-state index in [2.05, 4.69) is 6.92 Å². The molecule has 1 aromatic carbocycles. The van der Waals surface area contributed by atoms with Gasteiger partial charge in [0.2, 0.25) is 0 Å². The van der Waals surface area contributed by atoms with E-state index in [9.17, 15) is 10.2 Å². The van der Waals surface area contributed by atoms with Crippen molar-refractivity contribution in [2.24, 2.45) is 0 Å². The quantitative estimate of drug-likeness (QED) is 0.379. The van der Waals surface area contributed by atoms with Crippen LogP contribution in [-0.4, -0.2) is 10.2 Å². The Morgan fingerprint density at radius 3 is 2.32 bits per heavy atom. The molecule has 2 nitrogen and oxygen atoms in total. The third kappa shape index (κ3) is 5.12. The van der Waals surface area contributed by atoms with Gasteiger partial charge in [0.15, 0.2) is 11.5 Å². The minimum Gasteiger partial charge on any atom is -0.504 e. The molecule has 4 heteroatoms. The van der Waals surface area contributed by atoms with Crippen molar-refractivity contribution >= 4 is 23.2 Å². The normalized spacial score (nSPS) is 11.7. The average Bonchev–Trinajstić information content (AvgIpc) is 2.36. The Hall–Kier alpha value is -0.600. The van der Waals surface area contributed by atoms with Gasteiger partial charge in [0.25, 0.3) is 0 Å². The van der Waals surface area contributed by atoms with E-state index in [1.54, 1.807) is 12.1 Å². The van der Waals surface area contributed by atoms with Crippen molar-refractivity contribution in [3.63, 3.8) is 0 Å². The molecule has 0 fully saturated rings. The molecule has 2 N–H and O–H groups in total. The third-order valence-corrected chi connectivity index (χ3v) is 4.04. The molecule has 0 unspecified atom stereocenters. The highest BCUT2D eigenvalue weighted by atomic mass is 35.5. The molecular formula is C15H22Cl2O2. The smallest absolute Gasteiger partial charge is 0.163 e. The molecule has 0 aliphatic heterocycles. The first-order valence-electron chi connectivity index (χ1n) is 6.88. The minimum atomic E-state index is -1.15. The number of halogens is 2. The van der Waals surface area contributed by atoms with Gasteiger partial charge in [-0.05, 0) is 12.5 Å². The summed E-state index contributed by atoms with van der Waals surface area (Å²) in [6, 6.07) is 4.69. The first-order chi connectivity index (χ1) is 8.99. The fourth-order valence-electron chi connectivity index (χ4n) is 2.09. The minimum absolute atomic E-state index is 0.189. The van der Waals surface area contributed by atoms with Crippen molar-refractivity contribution in [3.8, 4) is 11.5 Å². The summed E-state index contributed by atoms with van der Waals surface area (Å²) in [5, 5.41) is 19.3. The summed E-state index contributed by atoms with van der Waals surface area (Å²) >= 11 is 12.5. The van der Waals surface area contributed by atoms with Gasteiger partial charge in [-0.3, -0.25) is 0 Å². The van der Waals surface area contributed by atoms with E-state index in [1.165, 1.54) is 31.7 Å². The molecule has 0 amide bonds. The molecule has 0 bridgehead atoms. The summed E-state index contributed by atoms with van der Waals surface area (Å²) in [6.45, 7) is 2.19. The standard InChI is InChI=1S/C15H22Cl2O2/c1-2-3-4-5-6-7-11-15(16,17)12-9-8-10-13(18)14(12)19/h8-10,18-19H,2-7,11H2,1H3. The zero-order valence-electron chi connectivity index (χ0n) is 11.3. The van der Waals surface area contributed by atoms with Gasteiger partial charge < -0.3 is 10.2 Å². The van der Waals surface area contributed by atoms with Gasteiger partial charge in [-0.1, -0.05) is 80.8 Å². The van der Waals surface area contributed by atoms with E-state index in [0.29, 0.717) is 12.0 Å². The van der Waals surface area contributed by atoms with Crippen LogP contribution in [0.1, 0.15) is 57.4 Å². The number of rotatable bonds is 8. The van der Waals surface area contributed by atoms with Crippen LogP contribution in [0, 0.1) is 0 Å². The topological polar surface area (TPSA) is 40.5 Å². The number of aromatic hydroxyl groups is 2. The van der Waals surface area contributed by atoms with E-state index in [-0.39, 0.29) is 11.5 Å². The molecule has 108 valence electrons. The van der Waals surface area contributed by atoms with E-state index >= 15 is 0 Å². The largest absolute Gasteiger partial charge is 0.504 e. The van der Waals surface area contributed by atoms with Crippen molar-refractivity contribution in [1.29, 1.82) is 0 Å². The fourth-order valence-corrected chi connectivity index (χ4v) is 2.66. The van der Waals surface area contributed by atoms with Gasteiger partial charge in [0.05, 0.1) is 0 Å². The average molecular weight is 305 g/mol. The Morgan fingerprint density at radius 1 is 1.00 bits per heavy atom. The highest BCUT2D eigenvalue weighted by molar-refractivity contribution is 6.48. The molecule has 19 heavy (non-hydrogen) atoms. The summed E-state index contributed by atoms with van der Waals surface area (Å²) in [4.78, 5) is 0. The van der Waals surface area contributed by atoms with Gasteiger partial charge in [0, 0.05) is 5.56 Å². The highest BCUT2D eigenvalue weighted by Gasteiger charge is 2.29. The lowest BCUT2D eigenvalue weighted by atomic mass is 10.0. The number of alkyl halides is 2. The number of unbranched alkanes of at least 4 members (excludes halogenated alkanes) is 5. The molecular weight excluding hydrogens is 283 g/mol. The Bertz CT molecular complexity index is 392. The van der Waals surface area contributed by atoms with Gasteiger partial charge in [-0.2, -0.15) is 0 Å². The molecule has 0 heterocycles. The predicted octanol–water partition coefficient (Wildman–Crippen LogP) is 5.48. The number of hydrogen-bond acceptors (Lipinski definition) is 2. The number of benzene rings is 1. The van der Waals surface area contributed by atoms with Gasteiger partial charge in [0.1, 0.15) is 4.33 Å². The van der Waals surface area contributed by atoms with Crippen molar-refractivity contribution in [2.75, 3.05) is 0 Å². The molecule has 0 atom stereocenters. The zero-order chi connectivity index (χ0) is 14.3. The molecule has 0 saturated heterocycles. The maximum atomic E-state index is 9.79. The number of phenolic OH excluding ortho intramolecular Hbond substituents is 2. The Kier molecular flexibility index (Phi) is 6.81. The summed E-state index contributed by atoms with van der Waals surface area (Å²) < 4.78 is -1.15. The molecule has 0 aromatic heterocycles. The van der Waals surface area contributed by atoms with Crippen LogP contribution in [0.2, 0.25) is 0 Å². The summed E-state index contributed by atoms with van der Waals surface area (Å²) in [5.74, 6) is -0.412. The van der Waals surface area contributed by atoms with Gasteiger partial charge in [-0.25, -0.2) is 0 Å². The maximum absolute atomic E-state index is 9.79. The second-order valence-corrected chi connectivity index (χ2v) is 6.38. The van der Waals surface area contributed by atoms with Crippen LogP contribution in [0.5, 0.6) is 11.5 Å². The lowest BCUT2D eigenvalue weighted by Gasteiger charge is -2.21. The Labute approximate surface area is 125 Å². The number of phenols is 2. The summed E-state index contributed by atoms with van der Waals surface area (Å²) in [7, 11) is 0. The monoisotopic (exact) mass is 304 g/mol.